The van der Waals surface area contributed by atoms with Crippen LogP contribution in [0.1, 0.15) is 21.7 Å². The number of carbonyl (C=O) groups excluding carboxylic acids is 1. The highest BCUT2D eigenvalue weighted by Crippen LogP contribution is 2.31. The van der Waals surface area contributed by atoms with Gasteiger partial charge < -0.3 is 18.6 Å². The summed E-state index contributed by atoms with van der Waals surface area (Å²) in [5.41, 5.74) is 1.81. The van der Waals surface area contributed by atoms with Crippen LogP contribution in [-0.4, -0.2) is 20.2 Å². The second kappa shape index (κ2) is 8.60. The van der Waals surface area contributed by atoms with Crippen LogP contribution in [0.4, 0.5) is 0 Å². The summed E-state index contributed by atoms with van der Waals surface area (Å²) in [6.45, 7) is 0. The standard InChI is InChI=1S/C22H17NO5/c1-25-19-9-8-16(13-21(19)26-2)17(14-23)11-15-5-3-6-18(12-15)28-22(24)20-7-4-10-27-20/h3-13H,1-2H3/b17-11-. The van der Waals surface area contributed by atoms with Gasteiger partial charge in [0.1, 0.15) is 5.75 Å². The SMILES string of the molecule is COc1ccc(/C(C#N)=C\c2cccc(OC(=O)c3ccco3)c2)cc1OC. The van der Waals surface area contributed by atoms with Crippen LogP contribution in [0.3, 0.4) is 0 Å². The summed E-state index contributed by atoms with van der Waals surface area (Å²) in [4.78, 5) is 12.0. The lowest BCUT2D eigenvalue weighted by atomic mass is 10.0. The molecule has 0 radical (unpaired) electrons. The Morgan fingerprint density at radius 2 is 1.86 bits per heavy atom. The number of furan rings is 1. The molecule has 6 nitrogen and oxygen atoms in total. The molecule has 140 valence electrons. The monoisotopic (exact) mass is 375 g/mol. The summed E-state index contributed by atoms with van der Waals surface area (Å²) in [6.07, 6.45) is 3.10. The molecule has 0 amide bonds. The molecule has 3 rings (SSSR count). The molecule has 0 aliphatic rings. The zero-order valence-corrected chi connectivity index (χ0v) is 15.3. The Hall–Kier alpha value is -3.98. The molecule has 0 bridgehead atoms. The van der Waals surface area contributed by atoms with Crippen molar-refractivity contribution < 1.29 is 23.4 Å². The van der Waals surface area contributed by atoms with E-state index in [1.165, 1.54) is 19.4 Å². The molecule has 1 aromatic heterocycles. The Kier molecular flexibility index (Phi) is 5.78. The minimum absolute atomic E-state index is 0.115. The number of nitriles is 1. The fraction of sp³-hybridized carbons (Fsp3) is 0.0909. The Labute approximate surface area is 162 Å². The molecule has 0 fully saturated rings. The van der Waals surface area contributed by atoms with Gasteiger partial charge in [-0.2, -0.15) is 5.26 Å². The lowest BCUT2D eigenvalue weighted by molar-refractivity contribution is 0.0701. The van der Waals surface area contributed by atoms with Crippen LogP contribution in [0.5, 0.6) is 17.2 Å². The van der Waals surface area contributed by atoms with Crippen molar-refractivity contribution in [3.8, 4) is 23.3 Å². The lowest BCUT2D eigenvalue weighted by Crippen LogP contribution is -2.07. The summed E-state index contributed by atoms with van der Waals surface area (Å²) < 4.78 is 20.8. The summed E-state index contributed by atoms with van der Waals surface area (Å²) in [6, 6.07) is 17.4. The molecule has 0 spiro atoms. The number of hydrogen-bond acceptors (Lipinski definition) is 6. The zero-order valence-electron chi connectivity index (χ0n) is 15.3. The van der Waals surface area contributed by atoms with Crippen LogP contribution >= 0.6 is 0 Å². The maximum absolute atomic E-state index is 12.0. The van der Waals surface area contributed by atoms with Gasteiger partial charge in [-0.1, -0.05) is 12.1 Å². The topological polar surface area (TPSA) is 81.7 Å². The van der Waals surface area contributed by atoms with Crippen LogP contribution in [0.25, 0.3) is 11.6 Å². The number of hydrogen-bond donors (Lipinski definition) is 0. The Bertz CT molecular complexity index is 1050. The van der Waals surface area contributed by atoms with E-state index in [1.807, 2.05) is 6.07 Å². The maximum atomic E-state index is 12.0. The second-order valence-corrected chi connectivity index (χ2v) is 5.68. The molecule has 0 saturated heterocycles. The molecule has 0 aliphatic heterocycles. The summed E-state index contributed by atoms with van der Waals surface area (Å²) >= 11 is 0. The molecule has 0 saturated carbocycles. The molecular weight excluding hydrogens is 358 g/mol. The number of rotatable bonds is 6. The summed E-state index contributed by atoms with van der Waals surface area (Å²) in [5.74, 6) is 0.980. The van der Waals surface area contributed by atoms with Crippen molar-refractivity contribution in [2.24, 2.45) is 0 Å². The van der Waals surface area contributed by atoms with Crippen molar-refractivity contribution in [1.82, 2.24) is 0 Å². The van der Waals surface area contributed by atoms with Crippen molar-refractivity contribution in [2.45, 2.75) is 0 Å². The normalized spacial score (nSPS) is 10.8. The van der Waals surface area contributed by atoms with E-state index < -0.39 is 5.97 Å². The van der Waals surface area contributed by atoms with E-state index in [2.05, 4.69) is 6.07 Å². The summed E-state index contributed by atoms with van der Waals surface area (Å²) in [7, 11) is 3.09. The third-order valence-corrected chi connectivity index (χ3v) is 3.92. The third kappa shape index (κ3) is 4.22. The molecule has 1 heterocycles. The Morgan fingerprint density at radius 1 is 1.04 bits per heavy atom. The first kappa shape index (κ1) is 18.8. The van der Waals surface area contributed by atoms with E-state index in [9.17, 15) is 10.1 Å². The van der Waals surface area contributed by atoms with Gasteiger partial charge in [-0.3, -0.25) is 0 Å². The average Bonchev–Trinajstić information content (AvgIpc) is 3.27. The van der Waals surface area contributed by atoms with E-state index in [0.717, 1.165) is 0 Å². The van der Waals surface area contributed by atoms with Crippen LogP contribution in [0.15, 0.2) is 65.3 Å². The Morgan fingerprint density at radius 3 is 2.54 bits per heavy atom. The highest BCUT2D eigenvalue weighted by molar-refractivity contribution is 5.91. The van der Waals surface area contributed by atoms with Crippen molar-refractivity contribution in [1.29, 1.82) is 5.26 Å². The first-order valence-corrected chi connectivity index (χ1v) is 8.34. The summed E-state index contributed by atoms with van der Waals surface area (Å²) in [5, 5.41) is 9.58. The largest absolute Gasteiger partial charge is 0.493 e. The fourth-order valence-electron chi connectivity index (χ4n) is 2.57. The van der Waals surface area contributed by atoms with Gasteiger partial charge in [0.15, 0.2) is 11.5 Å². The number of benzene rings is 2. The van der Waals surface area contributed by atoms with Crippen LogP contribution in [0, 0.1) is 11.3 Å². The van der Waals surface area contributed by atoms with E-state index in [4.69, 9.17) is 18.6 Å². The van der Waals surface area contributed by atoms with E-state index >= 15 is 0 Å². The van der Waals surface area contributed by atoms with Gasteiger partial charge in [-0.15, -0.1) is 0 Å². The Balaban J connectivity index is 1.87. The molecule has 2 aromatic carbocycles. The molecule has 6 heteroatoms. The first-order chi connectivity index (χ1) is 13.6. The molecule has 3 aromatic rings. The van der Waals surface area contributed by atoms with Crippen LogP contribution in [0.2, 0.25) is 0 Å². The van der Waals surface area contributed by atoms with Crippen molar-refractivity contribution >= 4 is 17.6 Å². The molecule has 0 atom stereocenters. The van der Waals surface area contributed by atoms with Crippen LogP contribution < -0.4 is 14.2 Å². The number of esters is 1. The van der Waals surface area contributed by atoms with Gasteiger partial charge in [0.05, 0.1) is 32.1 Å². The third-order valence-electron chi connectivity index (χ3n) is 3.92. The van der Waals surface area contributed by atoms with Gasteiger partial charge in [0.2, 0.25) is 5.76 Å². The zero-order chi connectivity index (χ0) is 19.9. The number of carbonyl (C=O) groups is 1. The highest BCUT2D eigenvalue weighted by atomic mass is 16.5. The molecular formula is C22H17NO5. The molecule has 0 unspecified atom stereocenters. The highest BCUT2D eigenvalue weighted by Gasteiger charge is 2.12. The first-order valence-electron chi connectivity index (χ1n) is 8.34. The lowest BCUT2D eigenvalue weighted by Gasteiger charge is -2.09. The van der Waals surface area contributed by atoms with E-state index in [0.29, 0.717) is 33.9 Å². The van der Waals surface area contributed by atoms with E-state index in [-0.39, 0.29) is 5.76 Å². The van der Waals surface area contributed by atoms with Crippen molar-refractivity contribution in [2.75, 3.05) is 14.2 Å². The van der Waals surface area contributed by atoms with Crippen LogP contribution in [-0.2, 0) is 0 Å². The second-order valence-electron chi connectivity index (χ2n) is 5.68. The van der Waals surface area contributed by atoms with Crippen molar-refractivity contribution in [3.05, 3.63) is 77.7 Å². The fourth-order valence-corrected chi connectivity index (χ4v) is 2.57. The number of nitrogens with zero attached hydrogens (tertiary/aromatic N) is 1. The minimum atomic E-state index is -0.591. The smallest absolute Gasteiger partial charge is 0.379 e. The van der Waals surface area contributed by atoms with Crippen molar-refractivity contribution in [3.63, 3.8) is 0 Å². The number of allylic oxidation sites excluding steroid dienone is 1. The average molecular weight is 375 g/mol. The van der Waals surface area contributed by atoms with E-state index in [1.54, 1.807) is 55.7 Å². The number of methoxy groups -OCH3 is 2. The van der Waals surface area contributed by atoms with Gasteiger partial charge >= 0.3 is 5.97 Å². The molecule has 0 aliphatic carbocycles. The number of ether oxygens (including phenoxy) is 3. The predicted molar refractivity (Wildman–Crippen MR) is 103 cm³/mol. The van der Waals surface area contributed by atoms with Gasteiger partial charge in [-0.05, 0) is 59.7 Å². The quantitative estimate of drug-likeness (QED) is 0.271. The maximum Gasteiger partial charge on any atom is 0.379 e. The molecule has 0 N–H and O–H groups in total. The van der Waals surface area contributed by atoms with Gasteiger partial charge in [-0.25, -0.2) is 4.79 Å². The van der Waals surface area contributed by atoms with Gasteiger partial charge in [0, 0.05) is 0 Å². The van der Waals surface area contributed by atoms with Gasteiger partial charge in [0.25, 0.3) is 0 Å². The minimum Gasteiger partial charge on any atom is -0.493 e. The molecule has 28 heavy (non-hydrogen) atoms. The predicted octanol–water partition coefficient (Wildman–Crippen LogP) is 4.58.